The highest BCUT2D eigenvalue weighted by molar-refractivity contribution is 5.85. The van der Waals surface area contributed by atoms with Crippen molar-refractivity contribution in [1.29, 1.82) is 0 Å². The molecule has 0 aromatic rings. The van der Waals surface area contributed by atoms with E-state index in [2.05, 4.69) is 15.5 Å². The van der Waals surface area contributed by atoms with E-state index < -0.39 is 0 Å². The molecule has 0 radical (unpaired) electrons. The largest absolute Gasteiger partial charge is 0.355 e. The van der Waals surface area contributed by atoms with Crippen LogP contribution < -0.4 is 10.6 Å². The standard InChI is InChI=1S/C13H24N4O2.2ClH/c1-2-14-12(18)10-16-6-8-17(9-7-16)13(19)11-4-3-5-15-11;;/h11,15H,2-10H2,1H3,(H,14,18);2*1H. The molecule has 1 atom stereocenters. The van der Waals surface area contributed by atoms with E-state index in [0.29, 0.717) is 13.1 Å². The van der Waals surface area contributed by atoms with Crippen molar-refractivity contribution in [2.75, 3.05) is 45.8 Å². The van der Waals surface area contributed by atoms with Crippen LogP contribution >= 0.6 is 24.8 Å². The number of halogens is 2. The molecule has 0 saturated carbocycles. The van der Waals surface area contributed by atoms with Gasteiger partial charge < -0.3 is 15.5 Å². The molecule has 0 aromatic heterocycles. The zero-order valence-corrected chi connectivity index (χ0v) is 14.1. The minimum atomic E-state index is 0. The van der Waals surface area contributed by atoms with Gasteiger partial charge in [0.05, 0.1) is 12.6 Å². The van der Waals surface area contributed by atoms with Crippen LogP contribution in [0.2, 0.25) is 0 Å². The minimum absolute atomic E-state index is 0. The van der Waals surface area contributed by atoms with Crippen molar-refractivity contribution in [3.8, 4) is 0 Å². The molecule has 2 aliphatic heterocycles. The van der Waals surface area contributed by atoms with Crippen molar-refractivity contribution in [2.24, 2.45) is 0 Å². The molecule has 0 spiro atoms. The Hall–Kier alpha value is -0.560. The smallest absolute Gasteiger partial charge is 0.239 e. The molecular weight excluding hydrogens is 315 g/mol. The Morgan fingerprint density at radius 1 is 1.19 bits per heavy atom. The van der Waals surface area contributed by atoms with Crippen molar-refractivity contribution in [2.45, 2.75) is 25.8 Å². The third-order valence-corrected chi connectivity index (χ3v) is 3.78. The number of nitrogens with zero attached hydrogens (tertiary/aromatic N) is 2. The number of rotatable bonds is 4. The Morgan fingerprint density at radius 2 is 1.86 bits per heavy atom. The molecule has 1 unspecified atom stereocenters. The molecule has 0 bridgehead atoms. The first kappa shape index (κ1) is 20.4. The van der Waals surface area contributed by atoms with Crippen LogP contribution in [0.4, 0.5) is 0 Å². The fourth-order valence-corrected chi connectivity index (χ4v) is 2.70. The van der Waals surface area contributed by atoms with E-state index in [4.69, 9.17) is 0 Å². The van der Waals surface area contributed by atoms with Crippen LogP contribution in [0.1, 0.15) is 19.8 Å². The molecule has 6 nitrogen and oxygen atoms in total. The monoisotopic (exact) mass is 340 g/mol. The minimum Gasteiger partial charge on any atom is -0.355 e. The van der Waals surface area contributed by atoms with Gasteiger partial charge in [-0.1, -0.05) is 0 Å². The summed E-state index contributed by atoms with van der Waals surface area (Å²) in [7, 11) is 0. The maximum absolute atomic E-state index is 12.2. The molecule has 0 aliphatic carbocycles. The highest BCUT2D eigenvalue weighted by Crippen LogP contribution is 2.10. The number of amides is 2. The van der Waals surface area contributed by atoms with Crippen LogP contribution in [-0.4, -0.2) is 73.5 Å². The first-order valence-electron chi connectivity index (χ1n) is 7.22. The average molecular weight is 341 g/mol. The predicted octanol–water partition coefficient (Wildman–Crippen LogP) is -0.138. The average Bonchev–Trinajstić information content (AvgIpc) is 2.93. The van der Waals surface area contributed by atoms with Crippen LogP contribution in [0.25, 0.3) is 0 Å². The summed E-state index contributed by atoms with van der Waals surface area (Å²) in [6, 6.07) is 0.0231. The van der Waals surface area contributed by atoms with Crippen molar-refractivity contribution in [3.63, 3.8) is 0 Å². The molecule has 0 aromatic carbocycles. The third kappa shape index (κ3) is 5.98. The molecule has 2 rings (SSSR count). The second kappa shape index (κ2) is 10.2. The molecule has 2 saturated heterocycles. The van der Waals surface area contributed by atoms with E-state index in [1.165, 1.54) is 0 Å². The highest BCUT2D eigenvalue weighted by atomic mass is 35.5. The summed E-state index contributed by atoms with van der Waals surface area (Å²) in [4.78, 5) is 27.7. The van der Waals surface area contributed by atoms with Gasteiger partial charge in [-0.15, -0.1) is 24.8 Å². The number of hydrogen-bond acceptors (Lipinski definition) is 4. The van der Waals surface area contributed by atoms with Crippen LogP contribution in [0.5, 0.6) is 0 Å². The third-order valence-electron chi connectivity index (χ3n) is 3.78. The summed E-state index contributed by atoms with van der Waals surface area (Å²) < 4.78 is 0. The van der Waals surface area contributed by atoms with Crippen molar-refractivity contribution < 1.29 is 9.59 Å². The van der Waals surface area contributed by atoms with Gasteiger partial charge in [-0.2, -0.15) is 0 Å². The molecule has 21 heavy (non-hydrogen) atoms. The van der Waals surface area contributed by atoms with Crippen LogP contribution in [0, 0.1) is 0 Å². The van der Waals surface area contributed by atoms with E-state index in [1.807, 2.05) is 11.8 Å². The molecule has 2 fully saturated rings. The van der Waals surface area contributed by atoms with Gasteiger partial charge in [0.25, 0.3) is 0 Å². The Bertz CT molecular complexity index is 330. The maximum Gasteiger partial charge on any atom is 0.239 e. The lowest BCUT2D eigenvalue weighted by atomic mass is 10.2. The fraction of sp³-hybridized carbons (Fsp3) is 0.846. The lowest BCUT2D eigenvalue weighted by molar-refractivity contribution is -0.135. The van der Waals surface area contributed by atoms with E-state index >= 15 is 0 Å². The summed E-state index contributed by atoms with van der Waals surface area (Å²) in [5, 5.41) is 6.05. The van der Waals surface area contributed by atoms with Crippen molar-refractivity contribution >= 4 is 36.6 Å². The molecule has 2 amide bonds. The predicted molar refractivity (Wildman–Crippen MR) is 87.2 cm³/mol. The van der Waals surface area contributed by atoms with Gasteiger partial charge in [-0.3, -0.25) is 14.5 Å². The lowest BCUT2D eigenvalue weighted by Crippen LogP contribution is -2.54. The Labute approximate surface area is 138 Å². The summed E-state index contributed by atoms with van der Waals surface area (Å²) in [6.45, 7) is 7.02. The summed E-state index contributed by atoms with van der Waals surface area (Å²) in [6.07, 6.45) is 2.05. The van der Waals surface area contributed by atoms with Gasteiger partial charge in [0.15, 0.2) is 0 Å². The topological polar surface area (TPSA) is 64.7 Å². The Kier molecular flexibility index (Phi) is 9.94. The number of piperazine rings is 1. The van der Waals surface area contributed by atoms with Crippen molar-refractivity contribution in [3.05, 3.63) is 0 Å². The van der Waals surface area contributed by atoms with Gasteiger partial charge in [0.1, 0.15) is 0 Å². The molecule has 124 valence electrons. The first-order chi connectivity index (χ1) is 9.20. The zero-order valence-electron chi connectivity index (χ0n) is 12.5. The number of hydrogen-bond donors (Lipinski definition) is 2. The highest BCUT2D eigenvalue weighted by Gasteiger charge is 2.29. The zero-order chi connectivity index (χ0) is 13.7. The van der Waals surface area contributed by atoms with E-state index in [9.17, 15) is 9.59 Å². The van der Waals surface area contributed by atoms with E-state index in [-0.39, 0.29) is 42.7 Å². The quantitative estimate of drug-likeness (QED) is 0.747. The number of carbonyl (C=O) groups is 2. The van der Waals surface area contributed by atoms with Crippen molar-refractivity contribution in [1.82, 2.24) is 20.4 Å². The first-order valence-corrected chi connectivity index (χ1v) is 7.22. The second-order valence-corrected chi connectivity index (χ2v) is 5.20. The van der Waals surface area contributed by atoms with Gasteiger partial charge in [0, 0.05) is 32.7 Å². The van der Waals surface area contributed by atoms with Gasteiger partial charge in [0.2, 0.25) is 11.8 Å². The Balaban J connectivity index is 0.00000200. The molecule has 2 N–H and O–H groups in total. The second-order valence-electron chi connectivity index (χ2n) is 5.20. The Morgan fingerprint density at radius 3 is 2.38 bits per heavy atom. The van der Waals surface area contributed by atoms with Gasteiger partial charge in [-0.25, -0.2) is 0 Å². The maximum atomic E-state index is 12.2. The molecule has 8 heteroatoms. The fourth-order valence-electron chi connectivity index (χ4n) is 2.70. The van der Waals surface area contributed by atoms with Crippen LogP contribution in [0.15, 0.2) is 0 Å². The van der Waals surface area contributed by atoms with Gasteiger partial charge >= 0.3 is 0 Å². The normalized spacial score (nSPS) is 22.1. The summed E-state index contributed by atoms with van der Waals surface area (Å²) >= 11 is 0. The molecule has 2 aliphatic rings. The van der Waals surface area contributed by atoms with Crippen LogP contribution in [0.3, 0.4) is 0 Å². The molecular formula is C13H26Cl2N4O2. The summed E-state index contributed by atoms with van der Waals surface area (Å²) in [5.41, 5.74) is 0. The number of nitrogens with one attached hydrogen (secondary N) is 2. The molecule has 2 heterocycles. The summed E-state index contributed by atoms with van der Waals surface area (Å²) in [5.74, 6) is 0.301. The number of carbonyl (C=O) groups excluding carboxylic acids is 2. The van der Waals surface area contributed by atoms with Crippen LogP contribution in [-0.2, 0) is 9.59 Å². The SMILES string of the molecule is CCNC(=O)CN1CCN(C(=O)C2CCCN2)CC1.Cl.Cl. The number of likely N-dealkylation sites (N-methyl/N-ethyl adjacent to an activating group) is 1. The van der Waals surface area contributed by atoms with Gasteiger partial charge in [-0.05, 0) is 26.3 Å². The lowest BCUT2D eigenvalue weighted by Gasteiger charge is -2.35. The van der Waals surface area contributed by atoms with E-state index in [0.717, 1.165) is 45.6 Å². The van der Waals surface area contributed by atoms with E-state index in [1.54, 1.807) is 0 Å².